The minimum atomic E-state index is -0.00807. The van der Waals surface area contributed by atoms with Crippen molar-refractivity contribution in [3.8, 4) is 5.75 Å². The van der Waals surface area contributed by atoms with Crippen molar-refractivity contribution in [3.05, 3.63) is 42.1 Å². The fourth-order valence-corrected chi connectivity index (χ4v) is 1.69. The molecule has 0 aliphatic carbocycles. The van der Waals surface area contributed by atoms with Gasteiger partial charge in [0.05, 0.1) is 13.2 Å². The average molecular weight is 247 g/mol. The highest BCUT2D eigenvalue weighted by molar-refractivity contribution is 5.32. The maximum atomic E-state index is 9.15. The van der Waals surface area contributed by atoms with Crippen molar-refractivity contribution in [3.63, 3.8) is 0 Å². The van der Waals surface area contributed by atoms with Gasteiger partial charge in [-0.25, -0.2) is 0 Å². The molecule has 0 radical (unpaired) electrons. The summed E-state index contributed by atoms with van der Waals surface area (Å²) in [6, 6.07) is 9.25. The number of aliphatic hydroxyl groups excluding tert-OH is 1. The number of aryl methyl sites for hydroxylation is 1. The zero-order chi connectivity index (χ0) is 12.8. The Bertz CT molecular complexity index is 496. The molecule has 2 rings (SSSR count). The first kappa shape index (κ1) is 12.4. The van der Waals surface area contributed by atoms with Gasteiger partial charge in [-0.15, -0.1) is 0 Å². The Balaban J connectivity index is 1.78. The molecule has 0 amide bonds. The summed E-state index contributed by atoms with van der Waals surface area (Å²) in [4.78, 5) is 0. The van der Waals surface area contributed by atoms with Gasteiger partial charge in [0.25, 0.3) is 0 Å². The summed E-state index contributed by atoms with van der Waals surface area (Å²) in [7, 11) is 0. The lowest BCUT2D eigenvalue weighted by Gasteiger charge is -2.09. The van der Waals surface area contributed by atoms with Crippen LogP contribution in [0.4, 0.5) is 5.82 Å². The van der Waals surface area contributed by atoms with Gasteiger partial charge in [-0.2, -0.15) is 5.10 Å². The first-order chi connectivity index (χ1) is 8.79. The van der Waals surface area contributed by atoms with Crippen molar-refractivity contribution in [1.82, 2.24) is 9.78 Å². The van der Waals surface area contributed by atoms with Crippen molar-refractivity contribution in [1.29, 1.82) is 0 Å². The Hall–Kier alpha value is -2.01. The molecule has 3 N–H and O–H groups in total. The van der Waals surface area contributed by atoms with E-state index in [4.69, 9.17) is 15.6 Å². The Kier molecular flexibility index (Phi) is 4.20. The Morgan fingerprint density at radius 1 is 1.28 bits per heavy atom. The molecule has 0 aliphatic heterocycles. The lowest BCUT2D eigenvalue weighted by Crippen LogP contribution is -2.06. The van der Waals surface area contributed by atoms with Gasteiger partial charge in [0.15, 0.2) is 0 Å². The Labute approximate surface area is 106 Å². The van der Waals surface area contributed by atoms with Crippen LogP contribution in [0.1, 0.15) is 12.0 Å². The molecule has 0 unspecified atom stereocenters. The van der Waals surface area contributed by atoms with E-state index < -0.39 is 0 Å². The van der Waals surface area contributed by atoms with Gasteiger partial charge >= 0.3 is 0 Å². The second-order valence-corrected chi connectivity index (χ2v) is 3.97. The molecule has 5 heteroatoms. The Morgan fingerprint density at radius 2 is 2.11 bits per heavy atom. The van der Waals surface area contributed by atoms with Gasteiger partial charge in [-0.3, -0.25) is 4.68 Å². The number of nitrogens with zero attached hydrogens (tertiary/aromatic N) is 2. The normalized spacial score (nSPS) is 10.5. The Morgan fingerprint density at radius 3 is 2.83 bits per heavy atom. The van der Waals surface area contributed by atoms with Crippen LogP contribution in [0.3, 0.4) is 0 Å². The number of hydrogen-bond acceptors (Lipinski definition) is 4. The summed E-state index contributed by atoms with van der Waals surface area (Å²) >= 11 is 0. The molecule has 0 aliphatic rings. The summed E-state index contributed by atoms with van der Waals surface area (Å²) in [5.41, 5.74) is 6.33. The van der Waals surface area contributed by atoms with Gasteiger partial charge in [-0.1, -0.05) is 18.2 Å². The topological polar surface area (TPSA) is 73.3 Å². The van der Waals surface area contributed by atoms with E-state index in [1.165, 1.54) is 0 Å². The molecule has 0 bridgehead atoms. The van der Waals surface area contributed by atoms with Crippen LogP contribution in [-0.4, -0.2) is 21.5 Å². The van der Waals surface area contributed by atoms with Gasteiger partial charge in [0.2, 0.25) is 0 Å². The van der Waals surface area contributed by atoms with Gasteiger partial charge in [0.1, 0.15) is 11.6 Å². The van der Waals surface area contributed by atoms with Crippen LogP contribution in [0, 0.1) is 0 Å². The van der Waals surface area contributed by atoms with E-state index >= 15 is 0 Å². The quantitative estimate of drug-likeness (QED) is 0.757. The minimum absolute atomic E-state index is 0.00807. The first-order valence-corrected chi connectivity index (χ1v) is 5.90. The zero-order valence-electron chi connectivity index (χ0n) is 10.1. The number of anilines is 1. The van der Waals surface area contributed by atoms with Gasteiger partial charge in [-0.05, 0) is 12.1 Å². The van der Waals surface area contributed by atoms with Gasteiger partial charge in [0, 0.05) is 24.7 Å². The highest BCUT2D eigenvalue weighted by Crippen LogP contribution is 2.17. The number of hydrogen-bond donors (Lipinski definition) is 2. The van der Waals surface area contributed by atoms with E-state index in [1.807, 2.05) is 30.5 Å². The molecule has 2 aromatic rings. The van der Waals surface area contributed by atoms with E-state index in [2.05, 4.69) is 5.10 Å². The number of benzene rings is 1. The molecule has 1 heterocycles. The molecule has 96 valence electrons. The van der Waals surface area contributed by atoms with E-state index in [1.54, 1.807) is 10.7 Å². The van der Waals surface area contributed by atoms with E-state index in [-0.39, 0.29) is 6.61 Å². The second kappa shape index (κ2) is 6.07. The minimum Gasteiger partial charge on any atom is -0.493 e. The molecule has 0 spiro atoms. The van der Waals surface area contributed by atoms with Crippen LogP contribution in [0.5, 0.6) is 5.75 Å². The van der Waals surface area contributed by atoms with Crippen molar-refractivity contribution in [2.45, 2.75) is 19.6 Å². The smallest absolute Gasteiger partial charge is 0.145 e. The van der Waals surface area contributed by atoms with Crippen LogP contribution < -0.4 is 10.5 Å². The SMILES string of the molecule is Nc1ccn(CCCOc2ccccc2CO)n1. The fraction of sp³-hybridized carbons (Fsp3) is 0.308. The number of nitrogen functional groups attached to an aromatic ring is 1. The molecule has 5 nitrogen and oxygen atoms in total. The van der Waals surface area contributed by atoms with Crippen molar-refractivity contribution in [2.24, 2.45) is 0 Å². The summed E-state index contributed by atoms with van der Waals surface area (Å²) in [6.45, 7) is 1.33. The highest BCUT2D eigenvalue weighted by atomic mass is 16.5. The molecular formula is C13H17N3O2. The third kappa shape index (κ3) is 3.24. The number of para-hydroxylation sites is 1. The summed E-state index contributed by atoms with van der Waals surface area (Å²) in [5, 5.41) is 13.2. The lowest BCUT2D eigenvalue weighted by atomic mass is 10.2. The van der Waals surface area contributed by atoms with Crippen LogP contribution in [0.2, 0.25) is 0 Å². The largest absolute Gasteiger partial charge is 0.493 e. The lowest BCUT2D eigenvalue weighted by molar-refractivity contribution is 0.258. The molecule has 1 aromatic carbocycles. The summed E-state index contributed by atoms with van der Waals surface area (Å²) in [6.07, 6.45) is 2.68. The number of aromatic nitrogens is 2. The molecule has 1 aromatic heterocycles. The summed E-state index contributed by atoms with van der Waals surface area (Å²) < 4.78 is 7.41. The number of aliphatic hydroxyl groups is 1. The maximum Gasteiger partial charge on any atom is 0.145 e. The predicted octanol–water partition coefficient (Wildman–Crippen LogP) is 1.43. The van der Waals surface area contributed by atoms with E-state index in [0.29, 0.717) is 12.4 Å². The maximum absolute atomic E-state index is 9.15. The molecule has 18 heavy (non-hydrogen) atoms. The van der Waals surface area contributed by atoms with Crippen molar-refractivity contribution in [2.75, 3.05) is 12.3 Å². The third-order valence-corrected chi connectivity index (χ3v) is 2.59. The number of nitrogens with two attached hydrogens (primary N) is 1. The van der Waals surface area contributed by atoms with Crippen LogP contribution >= 0.6 is 0 Å². The zero-order valence-corrected chi connectivity index (χ0v) is 10.1. The predicted molar refractivity (Wildman–Crippen MR) is 69.1 cm³/mol. The first-order valence-electron chi connectivity index (χ1n) is 5.90. The van der Waals surface area contributed by atoms with Crippen LogP contribution in [-0.2, 0) is 13.2 Å². The third-order valence-electron chi connectivity index (χ3n) is 2.59. The molecule has 0 saturated carbocycles. The van der Waals surface area contributed by atoms with E-state index in [0.717, 1.165) is 24.3 Å². The molecular weight excluding hydrogens is 230 g/mol. The number of ether oxygens (including phenoxy) is 1. The van der Waals surface area contributed by atoms with E-state index in [9.17, 15) is 0 Å². The van der Waals surface area contributed by atoms with Crippen molar-refractivity contribution >= 4 is 5.82 Å². The second-order valence-electron chi connectivity index (χ2n) is 3.97. The standard InChI is InChI=1S/C13H17N3O2/c14-13-6-8-16(15-13)7-3-9-18-12-5-2-1-4-11(12)10-17/h1-2,4-6,8,17H,3,7,9-10H2,(H2,14,15). The van der Waals surface area contributed by atoms with Crippen LogP contribution in [0.15, 0.2) is 36.5 Å². The van der Waals surface area contributed by atoms with Crippen LogP contribution in [0.25, 0.3) is 0 Å². The molecule has 0 saturated heterocycles. The number of rotatable bonds is 6. The fourth-order valence-electron chi connectivity index (χ4n) is 1.69. The molecule has 0 fully saturated rings. The highest BCUT2D eigenvalue weighted by Gasteiger charge is 2.01. The monoisotopic (exact) mass is 247 g/mol. The summed E-state index contributed by atoms with van der Waals surface area (Å²) in [5.74, 6) is 1.27. The molecule has 0 atom stereocenters. The van der Waals surface area contributed by atoms with Gasteiger partial charge < -0.3 is 15.6 Å². The average Bonchev–Trinajstić information content (AvgIpc) is 2.81. The van der Waals surface area contributed by atoms with Crippen molar-refractivity contribution < 1.29 is 9.84 Å².